The van der Waals surface area contributed by atoms with Crippen LogP contribution in [-0.4, -0.2) is 57.5 Å². The highest BCUT2D eigenvalue weighted by Crippen LogP contribution is 2.58. The van der Waals surface area contributed by atoms with Crippen molar-refractivity contribution in [2.24, 2.45) is 0 Å². The van der Waals surface area contributed by atoms with Gasteiger partial charge in [0, 0.05) is 24.3 Å². The second-order valence-electron chi connectivity index (χ2n) is 10.0. The van der Waals surface area contributed by atoms with Gasteiger partial charge >= 0.3 is 0 Å². The lowest BCUT2D eigenvalue weighted by Gasteiger charge is -2.19. The monoisotopic (exact) mass is 568 g/mol. The number of nitrogens with one attached hydrogen (secondary N) is 1. The van der Waals surface area contributed by atoms with E-state index in [0.29, 0.717) is 21.9 Å². The van der Waals surface area contributed by atoms with Crippen LogP contribution in [0, 0.1) is 0 Å². The molecule has 0 saturated heterocycles. The Morgan fingerprint density at radius 2 is 1.93 bits per heavy atom. The fourth-order valence-corrected chi connectivity index (χ4v) is 5.43. The zero-order valence-electron chi connectivity index (χ0n) is 22.0. The molecule has 14 heteroatoms. The quantitative estimate of drug-likeness (QED) is 0.320. The van der Waals surface area contributed by atoms with Gasteiger partial charge in [-0.15, -0.1) is 0 Å². The van der Waals surface area contributed by atoms with Gasteiger partial charge in [0.05, 0.1) is 46.9 Å². The van der Waals surface area contributed by atoms with E-state index in [2.05, 4.69) is 35.2 Å². The van der Waals surface area contributed by atoms with Crippen molar-refractivity contribution in [3.05, 3.63) is 52.6 Å². The van der Waals surface area contributed by atoms with Gasteiger partial charge in [-0.3, -0.25) is 18.6 Å². The van der Waals surface area contributed by atoms with Crippen LogP contribution in [0.15, 0.2) is 40.5 Å². The van der Waals surface area contributed by atoms with Crippen molar-refractivity contribution in [3.63, 3.8) is 0 Å². The highest BCUT2D eigenvalue weighted by atomic mass is 32.2. The first-order valence-corrected chi connectivity index (χ1v) is 14.1. The summed E-state index contributed by atoms with van der Waals surface area (Å²) < 4.78 is 47.8. The van der Waals surface area contributed by atoms with Crippen LogP contribution in [0.25, 0.3) is 22.6 Å². The number of methoxy groups -OCH3 is 1. The Morgan fingerprint density at radius 1 is 1.15 bits per heavy atom. The minimum atomic E-state index is -3.10. The lowest BCUT2D eigenvalue weighted by molar-refractivity contribution is 0.0733. The molecule has 6 rings (SSSR count). The summed E-state index contributed by atoms with van der Waals surface area (Å²) >= 11 is 0. The molecule has 2 fully saturated rings. The molecule has 208 valence electrons. The number of halogens is 2. The van der Waals surface area contributed by atoms with Crippen molar-refractivity contribution in [1.82, 2.24) is 34.5 Å². The number of pyridine rings is 1. The molecular formula is C26H26F2N8O3S. The SMILES string of the molecule is CCS(=O)c1ccc(CNc2nc3cnc(-c4c(OC)ncnc4C4CC4)nc3n(C3(C)CC3(F)F)c2=O)nc1. The summed E-state index contributed by atoms with van der Waals surface area (Å²) in [4.78, 5) is 40.6. The summed E-state index contributed by atoms with van der Waals surface area (Å²) in [6, 6.07) is 3.39. The molecule has 0 amide bonds. The zero-order chi connectivity index (χ0) is 28.2. The van der Waals surface area contributed by atoms with Crippen LogP contribution in [0.2, 0.25) is 0 Å². The lowest BCUT2D eigenvalue weighted by atomic mass is 10.1. The fourth-order valence-electron chi connectivity index (χ4n) is 4.71. The van der Waals surface area contributed by atoms with Crippen LogP contribution in [0.1, 0.15) is 50.4 Å². The van der Waals surface area contributed by atoms with E-state index in [4.69, 9.17) is 4.74 Å². The molecule has 40 heavy (non-hydrogen) atoms. The standard InChI is InChI=1S/C26H26F2N8O3S/c1-4-40(38)16-8-7-15(29-10-16)9-30-21-24(37)36(25(2)12-26(25,27)28)22-17(34-21)11-31-20(35-22)18-19(14-5-6-14)32-13-33-23(18)39-3/h7-8,10-11,13-14H,4-6,9,12H2,1-3H3,(H,30,34). The summed E-state index contributed by atoms with van der Waals surface area (Å²) in [7, 11) is 0.329. The molecule has 2 unspecified atom stereocenters. The second kappa shape index (κ2) is 9.61. The number of hydrogen-bond donors (Lipinski definition) is 1. The van der Waals surface area contributed by atoms with Gasteiger partial charge in [0.25, 0.3) is 11.5 Å². The third kappa shape index (κ3) is 4.39. The number of anilines is 1. The maximum atomic E-state index is 14.7. The number of alkyl halides is 2. The smallest absolute Gasteiger partial charge is 0.295 e. The van der Waals surface area contributed by atoms with Gasteiger partial charge in [-0.1, -0.05) is 6.92 Å². The van der Waals surface area contributed by atoms with E-state index >= 15 is 0 Å². The molecule has 0 aliphatic heterocycles. The third-order valence-electron chi connectivity index (χ3n) is 7.30. The Kier molecular flexibility index (Phi) is 6.32. The fraction of sp³-hybridized carbons (Fsp3) is 0.423. The van der Waals surface area contributed by atoms with Gasteiger partial charge in [-0.2, -0.15) is 0 Å². The Bertz CT molecular complexity index is 1710. The molecule has 0 bridgehead atoms. The van der Waals surface area contributed by atoms with Gasteiger partial charge in [0.1, 0.15) is 22.9 Å². The van der Waals surface area contributed by atoms with Crippen LogP contribution >= 0.6 is 0 Å². The van der Waals surface area contributed by atoms with E-state index in [9.17, 15) is 17.8 Å². The molecule has 2 aliphatic rings. The normalized spacial score (nSPS) is 20.3. The highest BCUT2D eigenvalue weighted by Gasteiger charge is 2.70. The molecule has 1 N–H and O–H groups in total. The summed E-state index contributed by atoms with van der Waals surface area (Å²) in [5.74, 6) is -2.13. The molecular weight excluding hydrogens is 542 g/mol. The Morgan fingerprint density at radius 3 is 2.55 bits per heavy atom. The first-order valence-electron chi connectivity index (χ1n) is 12.8. The molecule has 2 atom stereocenters. The van der Waals surface area contributed by atoms with Crippen molar-refractivity contribution in [1.29, 1.82) is 0 Å². The molecule has 4 aromatic rings. The van der Waals surface area contributed by atoms with Gasteiger partial charge in [-0.25, -0.2) is 33.7 Å². The third-order valence-corrected chi connectivity index (χ3v) is 8.60. The highest BCUT2D eigenvalue weighted by molar-refractivity contribution is 7.85. The molecule has 0 aromatic carbocycles. The van der Waals surface area contributed by atoms with Crippen molar-refractivity contribution in [3.8, 4) is 17.3 Å². The molecule has 0 spiro atoms. The maximum Gasteiger partial charge on any atom is 0.295 e. The predicted molar refractivity (Wildman–Crippen MR) is 143 cm³/mol. The Hall–Kier alpha value is -3.94. The second-order valence-corrected chi connectivity index (χ2v) is 11.8. The summed E-state index contributed by atoms with van der Waals surface area (Å²) in [6.45, 7) is 3.24. The van der Waals surface area contributed by atoms with Gasteiger partial charge in [0.15, 0.2) is 17.3 Å². The number of aromatic nitrogens is 7. The largest absolute Gasteiger partial charge is 0.480 e. The van der Waals surface area contributed by atoms with Crippen molar-refractivity contribution >= 4 is 27.8 Å². The number of nitrogens with zero attached hydrogens (tertiary/aromatic N) is 7. The molecule has 4 heterocycles. The van der Waals surface area contributed by atoms with Crippen LogP contribution in [-0.2, 0) is 22.9 Å². The van der Waals surface area contributed by atoms with E-state index in [1.54, 1.807) is 12.1 Å². The Balaban J connectivity index is 1.43. The van der Waals surface area contributed by atoms with Crippen LogP contribution in [0.4, 0.5) is 14.6 Å². The first kappa shape index (κ1) is 26.3. The number of ether oxygens (including phenoxy) is 1. The lowest BCUT2D eigenvalue weighted by Crippen LogP contribution is -2.35. The van der Waals surface area contributed by atoms with Crippen LogP contribution in [0.5, 0.6) is 5.88 Å². The average molecular weight is 569 g/mol. The van der Waals surface area contributed by atoms with Crippen LogP contribution < -0.4 is 15.6 Å². The van der Waals surface area contributed by atoms with E-state index in [-0.39, 0.29) is 41.1 Å². The summed E-state index contributed by atoms with van der Waals surface area (Å²) in [5.41, 5.74) is -0.620. The van der Waals surface area contributed by atoms with E-state index in [1.165, 1.54) is 32.8 Å². The van der Waals surface area contributed by atoms with E-state index < -0.39 is 34.2 Å². The Labute approximate surface area is 230 Å². The maximum absolute atomic E-state index is 14.7. The van der Waals surface area contributed by atoms with Crippen LogP contribution in [0.3, 0.4) is 0 Å². The molecule has 2 aliphatic carbocycles. The minimum absolute atomic E-state index is 0.0163. The van der Waals surface area contributed by atoms with E-state index in [0.717, 1.165) is 23.1 Å². The summed E-state index contributed by atoms with van der Waals surface area (Å²) in [5, 5.41) is 2.93. The minimum Gasteiger partial charge on any atom is -0.480 e. The number of fused-ring (bicyclic) bond motifs is 1. The van der Waals surface area contributed by atoms with E-state index in [1.807, 2.05) is 6.92 Å². The summed E-state index contributed by atoms with van der Waals surface area (Å²) in [6.07, 6.45) is 5.70. The molecule has 2 saturated carbocycles. The van der Waals surface area contributed by atoms with Gasteiger partial charge < -0.3 is 10.1 Å². The topological polar surface area (TPSA) is 138 Å². The predicted octanol–water partition coefficient (Wildman–Crippen LogP) is 3.42. The van der Waals surface area contributed by atoms with Gasteiger partial charge in [0.2, 0.25) is 5.88 Å². The molecule has 4 aromatic heterocycles. The number of rotatable bonds is 9. The number of hydrogen-bond acceptors (Lipinski definition) is 10. The zero-order valence-corrected chi connectivity index (χ0v) is 22.8. The van der Waals surface area contributed by atoms with Gasteiger partial charge in [-0.05, 0) is 31.9 Å². The van der Waals surface area contributed by atoms with Crippen molar-refractivity contribution < 1.29 is 17.7 Å². The van der Waals surface area contributed by atoms with Crippen molar-refractivity contribution in [2.75, 3.05) is 18.2 Å². The molecule has 11 nitrogen and oxygen atoms in total. The molecule has 0 radical (unpaired) electrons. The average Bonchev–Trinajstić information content (AvgIpc) is 3.88. The first-order chi connectivity index (χ1) is 19.2. The van der Waals surface area contributed by atoms with Crippen molar-refractivity contribution in [2.45, 2.75) is 61.9 Å².